The van der Waals surface area contributed by atoms with E-state index in [0.717, 1.165) is 84.0 Å². The molecule has 1 atom stereocenters. The summed E-state index contributed by atoms with van der Waals surface area (Å²) in [6.45, 7) is 13.4. The van der Waals surface area contributed by atoms with Crippen LogP contribution in [0.1, 0.15) is 165 Å². The SMILES string of the molecule is CCCCc1sc(-c2c3c[c]([Sn]([CH3])([CH3])[CH3])sc3c(-c3cc(Cl)c(CCCC)s3)c3cc(C)sc23)cc1Cl.CCCCc1sc(-c2c3ccsc3c(-c3cc(Cl)c(CC(Cl)CCCC)s3)c3ccsc23)cc1Cl.CCCCc1sccc1Cl.Clc1ccsc1.O=C1c2ccsc2C(=O)c2ccsc21.S.S=S=S.S=S=S=S=S=S.S=S=S=S=S=S=S.S=S=S=S=S=S=S=S. The molecule has 0 fully saturated rings. The monoisotopic (exact) mass is 2620 g/mol. The number of carbonyl (C=O) groups excluding carboxylic acids is 2. The first-order valence-electron chi connectivity index (χ1n) is 37.8. The van der Waals surface area contributed by atoms with Crippen molar-refractivity contribution in [1.29, 1.82) is 0 Å². The number of aryl methyl sites for hydroxylation is 5. The normalized spacial score (nSPS) is 11.1. The summed E-state index contributed by atoms with van der Waals surface area (Å²) in [5, 5.41) is 24.8. The van der Waals surface area contributed by atoms with E-state index in [0.29, 0.717) is 20.9 Å². The number of unbranched alkanes of at least 4 members (excludes halogenated alkanes) is 5. The first kappa shape index (κ1) is 119. The van der Waals surface area contributed by atoms with Crippen LogP contribution < -0.4 is 2.89 Å². The fourth-order valence-electron chi connectivity index (χ4n) is 12.2. The molecule has 2 aromatic carbocycles. The average molecular weight is 2630 g/mol. The maximum atomic E-state index is 11.8. The molecule has 2 nitrogen and oxygen atoms in total. The second-order valence-electron chi connectivity index (χ2n) is 27.1. The van der Waals surface area contributed by atoms with Gasteiger partial charge in [0.15, 0.2) is 0 Å². The van der Waals surface area contributed by atoms with Crippen LogP contribution in [-0.4, -0.2) is 35.3 Å². The van der Waals surface area contributed by atoms with Crippen molar-refractivity contribution in [3.05, 3.63) is 191 Å². The molecular formula is C80H81Cl7O2S37Sn. The molecule has 0 aliphatic heterocycles. The van der Waals surface area contributed by atoms with Gasteiger partial charge in [-0.3, -0.25) is 9.59 Å². The number of hydrogen-bond donors (Lipinski definition) is 0. The van der Waals surface area contributed by atoms with Crippen molar-refractivity contribution in [2.75, 3.05) is 0 Å². The molecule has 1 unspecified atom stereocenters. The van der Waals surface area contributed by atoms with E-state index in [4.69, 9.17) is 81.2 Å². The summed E-state index contributed by atoms with van der Waals surface area (Å²) in [6, 6.07) is 25.6. The van der Waals surface area contributed by atoms with Gasteiger partial charge in [-0.2, -0.15) is 24.8 Å². The summed E-state index contributed by atoms with van der Waals surface area (Å²) in [6.07, 6.45) is 18.1. The van der Waals surface area contributed by atoms with Gasteiger partial charge in [0.05, 0.1) is 29.8 Å². The van der Waals surface area contributed by atoms with Crippen LogP contribution in [0.2, 0.25) is 45.0 Å². The van der Waals surface area contributed by atoms with Crippen molar-refractivity contribution in [1.82, 2.24) is 0 Å². The fourth-order valence-corrected chi connectivity index (χ4v) is 56.9. The molecule has 12 aromatic heterocycles. The second-order valence-corrected chi connectivity index (χ2v) is 86.2. The van der Waals surface area contributed by atoms with Crippen molar-refractivity contribution in [3.63, 3.8) is 0 Å². The second kappa shape index (κ2) is 65.8. The minimum atomic E-state index is -2.31. The molecule has 0 spiro atoms. The molecule has 15 rings (SSSR count). The Bertz CT molecular complexity index is 6410. The maximum absolute atomic E-state index is 11.8. The third-order valence-corrected chi connectivity index (χ3v) is 69.2. The van der Waals surface area contributed by atoms with Crippen LogP contribution in [0.5, 0.6) is 0 Å². The maximum Gasteiger partial charge on any atom is 0.205 e. The Morgan fingerprint density at radius 3 is 1.09 bits per heavy atom. The quantitative estimate of drug-likeness (QED) is 0.0484. The average Bonchev–Trinajstić information content (AvgIpc) is 1.57. The smallest absolute Gasteiger partial charge is 0.205 e. The first-order chi connectivity index (χ1) is 60.8. The number of alkyl halides is 1. The predicted molar refractivity (Wildman–Crippen MR) is 664 cm³/mol. The summed E-state index contributed by atoms with van der Waals surface area (Å²) in [4.78, 5) is 45.4. The van der Waals surface area contributed by atoms with Crippen molar-refractivity contribution in [2.24, 2.45) is 0 Å². The van der Waals surface area contributed by atoms with Gasteiger partial charge >= 0.3 is 254 Å². The number of rotatable bonds is 22. The van der Waals surface area contributed by atoms with Crippen LogP contribution in [0.4, 0.5) is 0 Å². The molecule has 0 radical (unpaired) electrons. The Morgan fingerprint density at radius 2 is 0.732 bits per heavy atom. The Labute approximate surface area is 925 Å². The first-order valence-corrected chi connectivity index (χ1v) is 87.4. The van der Waals surface area contributed by atoms with Gasteiger partial charge in [0, 0.05) is 309 Å². The van der Waals surface area contributed by atoms with Gasteiger partial charge in [-0.05, 0) is 119 Å². The van der Waals surface area contributed by atoms with E-state index in [-0.39, 0.29) is 30.4 Å². The Hall–Kier alpha value is 3.68. The minimum Gasteiger partial charge on any atom is -0.288 e. The minimum absolute atomic E-state index is 0. The van der Waals surface area contributed by atoms with Crippen molar-refractivity contribution in [3.8, 4) is 41.8 Å². The van der Waals surface area contributed by atoms with Crippen molar-refractivity contribution < 1.29 is 9.59 Å². The van der Waals surface area contributed by atoms with E-state index < -0.39 is 18.4 Å². The summed E-state index contributed by atoms with van der Waals surface area (Å²) in [7, 11) is 23.0. The molecule has 12 heterocycles. The van der Waals surface area contributed by atoms with E-state index in [9.17, 15) is 9.59 Å². The van der Waals surface area contributed by atoms with Crippen molar-refractivity contribution in [2.45, 2.75) is 164 Å². The predicted octanol–water partition coefficient (Wildman–Crippen LogP) is 33.8. The third-order valence-electron chi connectivity index (χ3n) is 17.7. The number of benzene rings is 2. The van der Waals surface area contributed by atoms with Crippen LogP contribution in [0, 0.1) is 6.92 Å². The van der Waals surface area contributed by atoms with Crippen molar-refractivity contribution >= 4 is 536 Å². The molecule has 0 bridgehead atoms. The summed E-state index contributed by atoms with van der Waals surface area (Å²) in [5.41, 5.74) is 6.56. The number of thiophene rings is 12. The van der Waals surface area contributed by atoms with E-state index in [2.05, 4.69) is 205 Å². The number of hydrogen-bond acceptors (Lipinski definition) is 22. The standard InChI is InChI=1S/C28H27Cl3S4.C27H25Cl2S4.C10H4O2S2.C8H11ClS.C4H3ClS.3CH3.S8.S7.S6.S3.H2S.Sn/c1-3-5-7-16(29)13-22-20(31)15-24(35-22)26-18-10-12-32-27(18)25(17-9-11-33-28(17)26)23-14-19(30)21(34-23)8-6-4-2;1-4-6-8-20-18(28)13-22(32-20)24-16-10-11-30-26(16)25(17-12-15(3)31-27(17)24)23-14-19(29)21(33-23)9-7-5-2;11-7-5-1-3-13-9(5)8(12)6-2-4-14-10(6)7;1-2-3-4-8-7(9)5-6-10-8;5-4-1-2-6-3-4;;;;1-3-5-7-8-6-4-2;1-3-5-7-6-4-2;1-3-5-6-4-2;1-3-2;;/h9-12,14-16H,3-8,13H2,1-2H3;10,12-14H,4-9H2,1-3H3;1-4H;5-6H,2-4H2,1H3;1-3H;3*1H3;;;;;1H2;. The molecular weight excluding hydrogens is 2550 g/mol. The molecule has 688 valence electrons. The van der Waals surface area contributed by atoms with Crippen LogP contribution in [-0.2, 0) is 264 Å². The van der Waals surface area contributed by atoms with Gasteiger partial charge in [-0.15, -0.1) is 91.0 Å². The van der Waals surface area contributed by atoms with Crippen LogP contribution in [0.3, 0.4) is 0 Å². The third kappa shape index (κ3) is 37.1. The molecule has 1 aliphatic carbocycles. The van der Waals surface area contributed by atoms with Gasteiger partial charge in [-0.25, -0.2) is 0 Å². The van der Waals surface area contributed by atoms with Crippen LogP contribution in [0.25, 0.3) is 82.1 Å². The Morgan fingerprint density at radius 1 is 0.378 bits per heavy atom. The zero-order valence-electron chi connectivity index (χ0n) is 68.5. The Kier molecular flexibility index (Phi) is 61.8. The number of fused-ring (bicyclic) bond motifs is 6. The zero-order valence-corrected chi connectivity index (χ0v) is 107. The zero-order chi connectivity index (χ0) is 91.8. The van der Waals surface area contributed by atoms with Crippen LogP contribution in [0.15, 0.2) is 110 Å². The number of halogens is 7. The number of ketones is 2. The van der Waals surface area contributed by atoms with E-state index in [1.54, 1.807) is 122 Å². The molecule has 1 aliphatic rings. The molecule has 14 aromatic rings. The van der Waals surface area contributed by atoms with E-state index in [1.807, 2.05) is 108 Å². The van der Waals surface area contributed by atoms with E-state index >= 15 is 0 Å². The topological polar surface area (TPSA) is 34.1 Å². The van der Waals surface area contributed by atoms with Gasteiger partial charge in [-0.1, -0.05) is 92.9 Å². The Balaban J connectivity index is 0.000000249. The fraction of sp³-hybridized carbons (Fsp3) is 0.325. The van der Waals surface area contributed by atoms with Crippen LogP contribution >= 0.6 is 231 Å². The van der Waals surface area contributed by atoms with Gasteiger partial charge in [0.25, 0.3) is 0 Å². The summed E-state index contributed by atoms with van der Waals surface area (Å²) < 4.78 is 7.11. The van der Waals surface area contributed by atoms with Gasteiger partial charge in [0.2, 0.25) is 11.6 Å². The molecule has 0 saturated heterocycles. The number of carbonyl (C=O) groups is 2. The van der Waals surface area contributed by atoms with Gasteiger partial charge in [0.1, 0.15) is 0 Å². The summed E-state index contributed by atoms with van der Waals surface area (Å²) >= 11 is 99.5. The molecule has 0 N–H and O–H groups in total. The molecule has 0 amide bonds. The molecule has 47 heteroatoms. The van der Waals surface area contributed by atoms with Gasteiger partial charge < -0.3 is 0 Å². The molecule has 0 saturated carbocycles. The van der Waals surface area contributed by atoms with E-state index in [1.165, 1.54) is 263 Å². The summed E-state index contributed by atoms with van der Waals surface area (Å²) in [5.74, 6) is -0.0169. The molecule has 127 heavy (non-hydrogen) atoms. The largest absolute Gasteiger partial charge is 0.288 e.